The van der Waals surface area contributed by atoms with E-state index >= 15 is 0 Å². The average Bonchev–Trinajstić information content (AvgIpc) is 2.61. The molecule has 1 rings (SSSR count). The fourth-order valence-corrected chi connectivity index (χ4v) is 2.79. The fourth-order valence-electron chi connectivity index (χ4n) is 2.79. The van der Waals surface area contributed by atoms with Gasteiger partial charge in [-0.3, -0.25) is 4.99 Å². The van der Waals surface area contributed by atoms with Gasteiger partial charge in [0.2, 0.25) is 0 Å². The molecule has 0 N–H and O–H groups in total. The molecule has 0 radical (unpaired) electrons. The molecule has 1 saturated carbocycles. The van der Waals surface area contributed by atoms with Crippen LogP contribution in [0.25, 0.3) is 0 Å². The number of hydrogen-bond donors (Lipinski definition) is 0. The van der Waals surface area contributed by atoms with E-state index in [2.05, 4.69) is 25.8 Å². The zero-order chi connectivity index (χ0) is 13.2. The van der Waals surface area contributed by atoms with E-state index in [0.29, 0.717) is 0 Å². The van der Waals surface area contributed by atoms with Crippen LogP contribution in [-0.4, -0.2) is 5.71 Å². The van der Waals surface area contributed by atoms with Crippen molar-refractivity contribution in [2.45, 2.75) is 85.0 Å². The highest BCUT2D eigenvalue weighted by molar-refractivity contribution is 5.84. The predicted octanol–water partition coefficient (Wildman–Crippen LogP) is 5.90. The van der Waals surface area contributed by atoms with Crippen molar-refractivity contribution in [2.24, 2.45) is 10.9 Å². The van der Waals surface area contributed by atoms with Crippen molar-refractivity contribution in [1.82, 2.24) is 0 Å². The van der Waals surface area contributed by atoms with Gasteiger partial charge in [0.1, 0.15) is 0 Å². The molecule has 0 spiro atoms. The van der Waals surface area contributed by atoms with Crippen LogP contribution < -0.4 is 0 Å². The third kappa shape index (κ3) is 6.98. The molecule has 0 saturated heterocycles. The van der Waals surface area contributed by atoms with E-state index in [9.17, 15) is 0 Å². The Hall–Kier alpha value is -0.590. The first-order valence-electron chi connectivity index (χ1n) is 7.91. The summed E-state index contributed by atoms with van der Waals surface area (Å²) in [5.74, 6) is 0.973. The van der Waals surface area contributed by atoms with E-state index in [1.165, 1.54) is 75.5 Å². The molecule has 1 nitrogen and oxygen atoms in total. The standard InChI is InChI=1S/C17H31N/c1-4-9-17(18-14-15(2)3)13-12-16-10-7-5-6-8-11-16/h14,16H,4-13H2,1-3H3/b18-17+. The van der Waals surface area contributed by atoms with E-state index in [4.69, 9.17) is 0 Å². The minimum Gasteiger partial charge on any atom is -0.266 e. The smallest absolute Gasteiger partial charge is 0.0253 e. The Balaban J connectivity index is 2.40. The Kier molecular flexibility index (Phi) is 8.04. The quantitative estimate of drug-likeness (QED) is 0.410. The third-order valence-corrected chi connectivity index (χ3v) is 3.86. The van der Waals surface area contributed by atoms with Crippen molar-refractivity contribution in [1.29, 1.82) is 0 Å². The van der Waals surface area contributed by atoms with E-state index < -0.39 is 0 Å². The molecule has 0 amide bonds. The highest BCUT2D eigenvalue weighted by Gasteiger charge is 2.12. The maximum atomic E-state index is 4.68. The van der Waals surface area contributed by atoms with Crippen LogP contribution in [-0.2, 0) is 0 Å². The summed E-state index contributed by atoms with van der Waals surface area (Å²) < 4.78 is 0. The summed E-state index contributed by atoms with van der Waals surface area (Å²) in [4.78, 5) is 4.68. The van der Waals surface area contributed by atoms with Gasteiger partial charge in [-0.1, -0.05) is 57.4 Å². The lowest BCUT2D eigenvalue weighted by atomic mass is 9.93. The van der Waals surface area contributed by atoms with Crippen molar-refractivity contribution >= 4 is 5.71 Å². The van der Waals surface area contributed by atoms with Gasteiger partial charge in [0.05, 0.1) is 0 Å². The molecule has 1 aliphatic carbocycles. The number of rotatable bonds is 6. The predicted molar refractivity (Wildman–Crippen MR) is 82.2 cm³/mol. The monoisotopic (exact) mass is 249 g/mol. The second-order valence-corrected chi connectivity index (χ2v) is 6.05. The summed E-state index contributed by atoms with van der Waals surface area (Å²) in [6, 6.07) is 0. The molecule has 1 aliphatic rings. The van der Waals surface area contributed by atoms with Gasteiger partial charge < -0.3 is 0 Å². The molecule has 1 heteroatoms. The van der Waals surface area contributed by atoms with E-state index in [1.807, 2.05) is 6.20 Å². The van der Waals surface area contributed by atoms with Crippen molar-refractivity contribution in [3.8, 4) is 0 Å². The Labute approximate surface area is 114 Å². The van der Waals surface area contributed by atoms with Crippen LogP contribution in [0.3, 0.4) is 0 Å². The summed E-state index contributed by atoms with van der Waals surface area (Å²) in [7, 11) is 0. The SMILES string of the molecule is CCC/C(CCC1CCCCCC1)=N\C=C(C)C. The molecule has 1 fully saturated rings. The largest absolute Gasteiger partial charge is 0.266 e. The lowest BCUT2D eigenvalue weighted by Crippen LogP contribution is -2.04. The molecule has 0 aromatic rings. The van der Waals surface area contributed by atoms with Crippen molar-refractivity contribution < 1.29 is 0 Å². The van der Waals surface area contributed by atoms with Crippen LogP contribution in [0.5, 0.6) is 0 Å². The zero-order valence-corrected chi connectivity index (χ0v) is 12.7. The Morgan fingerprint density at radius 2 is 1.72 bits per heavy atom. The highest BCUT2D eigenvalue weighted by Crippen LogP contribution is 2.26. The summed E-state index contributed by atoms with van der Waals surface area (Å²) in [5, 5.41) is 0. The van der Waals surface area contributed by atoms with Crippen LogP contribution in [0.1, 0.15) is 85.0 Å². The van der Waals surface area contributed by atoms with Gasteiger partial charge >= 0.3 is 0 Å². The van der Waals surface area contributed by atoms with Crippen LogP contribution in [0.2, 0.25) is 0 Å². The molecule has 0 aromatic carbocycles. The molecule has 0 aromatic heterocycles. The van der Waals surface area contributed by atoms with Gasteiger partial charge in [0.15, 0.2) is 0 Å². The normalized spacial score (nSPS) is 18.5. The highest BCUT2D eigenvalue weighted by atomic mass is 14.7. The van der Waals surface area contributed by atoms with Gasteiger partial charge in [-0.2, -0.15) is 0 Å². The van der Waals surface area contributed by atoms with Crippen LogP contribution in [0.4, 0.5) is 0 Å². The summed E-state index contributed by atoms with van der Waals surface area (Å²) in [6.07, 6.45) is 15.8. The second kappa shape index (κ2) is 9.35. The minimum absolute atomic E-state index is 0.973. The molecule has 18 heavy (non-hydrogen) atoms. The first kappa shape index (κ1) is 15.5. The average molecular weight is 249 g/mol. The minimum atomic E-state index is 0.973. The number of nitrogens with zero attached hydrogens (tertiary/aromatic N) is 1. The molecule has 104 valence electrons. The molecule has 0 atom stereocenters. The van der Waals surface area contributed by atoms with Gasteiger partial charge in [-0.25, -0.2) is 0 Å². The van der Waals surface area contributed by atoms with Crippen LogP contribution >= 0.6 is 0 Å². The maximum Gasteiger partial charge on any atom is 0.0253 e. The van der Waals surface area contributed by atoms with E-state index in [0.717, 1.165) is 5.92 Å². The zero-order valence-electron chi connectivity index (χ0n) is 12.7. The topological polar surface area (TPSA) is 12.4 Å². The maximum absolute atomic E-state index is 4.68. The molecular weight excluding hydrogens is 218 g/mol. The molecule has 0 heterocycles. The molecule has 0 aliphatic heterocycles. The number of hydrogen-bond acceptors (Lipinski definition) is 1. The Morgan fingerprint density at radius 3 is 2.28 bits per heavy atom. The lowest BCUT2D eigenvalue weighted by Gasteiger charge is -2.14. The third-order valence-electron chi connectivity index (χ3n) is 3.86. The van der Waals surface area contributed by atoms with Crippen molar-refractivity contribution in [3.63, 3.8) is 0 Å². The first-order chi connectivity index (χ1) is 8.72. The summed E-state index contributed by atoms with van der Waals surface area (Å²) >= 11 is 0. The van der Waals surface area contributed by atoms with E-state index in [1.54, 1.807) is 0 Å². The second-order valence-electron chi connectivity index (χ2n) is 6.05. The van der Waals surface area contributed by atoms with E-state index in [-0.39, 0.29) is 0 Å². The Bertz CT molecular complexity index is 263. The van der Waals surface area contributed by atoms with Crippen molar-refractivity contribution in [2.75, 3.05) is 0 Å². The fraction of sp³-hybridized carbons (Fsp3) is 0.824. The Morgan fingerprint density at radius 1 is 1.06 bits per heavy atom. The van der Waals surface area contributed by atoms with Gasteiger partial charge in [-0.15, -0.1) is 0 Å². The molecular formula is C17H31N. The van der Waals surface area contributed by atoms with Gasteiger partial charge in [0, 0.05) is 11.9 Å². The summed E-state index contributed by atoms with van der Waals surface area (Å²) in [6.45, 7) is 6.50. The molecule has 0 bridgehead atoms. The molecule has 0 unspecified atom stereocenters. The number of aliphatic imine (C=N–C) groups is 1. The lowest BCUT2D eigenvalue weighted by molar-refractivity contribution is 0.435. The van der Waals surface area contributed by atoms with Gasteiger partial charge in [0.25, 0.3) is 0 Å². The summed E-state index contributed by atoms with van der Waals surface area (Å²) in [5.41, 5.74) is 2.72. The first-order valence-corrected chi connectivity index (χ1v) is 7.91. The number of allylic oxidation sites excluding steroid dienone is 1. The van der Waals surface area contributed by atoms with Gasteiger partial charge in [-0.05, 0) is 39.0 Å². The van der Waals surface area contributed by atoms with Crippen LogP contribution in [0, 0.1) is 5.92 Å². The van der Waals surface area contributed by atoms with Crippen LogP contribution in [0.15, 0.2) is 16.8 Å². The van der Waals surface area contributed by atoms with Crippen molar-refractivity contribution in [3.05, 3.63) is 11.8 Å².